The molecule has 0 aromatic rings. The summed E-state index contributed by atoms with van der Waals surface area (Å²) in [6.45, 7) is 0. The summed E-state index contributed by atoms with van der Waals surface area (Å²) >= 11 is 15.2. The minimum Gasteiger partial charge on any atom is -0.391 e. The number of aliphatic hydroxyl groups is 2. The summed E-state index contributed by atoms with van der Waals surface area (Å²) in [6, 6.07) is 0. The smallest absolute Gasteiger partial charge is 0.0765 e. The zero-order chi connectivity index (χ0) is 18.1. The van der Waals surface area contributed by atoms with E-state index >= 15 is 0 Å². The molecule has 2 rings (SSSR count). The van der Waals surface area contributed by atoms with Gasteiger partial charge in [0.15, 0.2) is 0 Å². The zero-order valence-electron chi connectivity index (χ0n) is 15.1. The molecule has 0 radical (unpaired) electrons. The van der Waals surface area contributed by atoms with Crippen molar-refractivity contribution in [3.05, 3.63) is 0 Å². The Hall–Kier alpha value is 1.20. The van der Waals surface area contributed by atoms with Crippen molar-refractivity contribution in [3.8, 4) is 0 Å². The van der Waals surface area contributed by atoms with Crippen LogP contribution in [0.4, 0.5) is 0 Å². The minimum absolute atomic E-state index is 0.344. The van der Waals surface area contributed by atoms with Gasteiger partial charge in [-0.2, -0.15) is 23.5 Å². The Bertz CT molecular complexity index is 314. The summed E-state index contributed by atoms with van der Waals surface area (Å²) in [5, 5.41) is 20.6. The molecule has 25 heavy (non-hydrogen) atoms. The van der Waals surface area contributed by atoms with Crippen molar-refractivity contribution in [2.24, 2.45) is 11.8 Å². The van der Waals surface area contributed by atoms with Crippen molar-refractivity contribution >= 4 is 46.7 Å². The lowest BCUT2D eigenvalue weighted by Gasteiger charge is -2.34. The van der Waals surface area contributed by atoms with E-state index in [0.29, 0.717) is 11.8 Å². The van der Waals surface area contributed by atoms with Crippen LogP contribution in [0.25, 0.3) is 0 Å². The summed E-state index contributed by atoms with van der Waals surface area (Å²) in [4.78, 5) is 0. The van der Waals surface area contributed by atoms with Gasteiger partial charge < -0.3 is 10.2 Å². The molecule has 148 valence electrons. The zero-order valence-corrected chi connectivity index (χ0v) is 18.3. The number of thioether (sulfide) groups is 2. The predicted octanol–water partition coefficient (Wildman–Crippen LogP) is 5.16. The molecule has 0 amide bonds. The van der Waals surface area contributed by atoms with Crippen LogP contribution in [0.5, 0.6) is 0 Å². The Morgan fingerprint density at radius 3 is 1.36 bits per heavy atom. The summed E-state index contributed by atoms with van der Waals surface area (Å²) in [5.41, 5.74) is 0. The van der Waals surface area contributed by atoms with Crippen molar-refractivity contribution in [1.82, 2.24) is 0 Å². The van der Waals surface area contributed by atoms with E-state index in [4.69, 9.17) is 23.2 Å². The highest BCUT2D eigenvalue weighted by Gasteiger charge is 2.27. The molecule has 2 unspecified atom stereocenters. The van der Waals surface area contributed by atoms with Crippen LogP contribution in [-0.4, -0.2) is 56.2 Å². The molecule has 2 fully saturated rings. The molecule has 2 atom stereocenters. The van der Waals surface area contributed by atoms with E-state index in [0.717, 1.165) is 33.8 Å². The van der Waals surface area contributed by atoms with Crippen LogP contribution >= 0.6 is 46.7 Å². The molecular weight excluding hydrogens is 395 g/mol. The quantitative estimate of drug-likeness (QED) is 0.471. The van der Waals surface area contributed by atoms with Crippen LogP contribution in [0, 0.1) is 11.8 Å². The summed E-state index contributed by atoms with van der Waals surface area (Å²) in [6.07, 6.45) is 11.4. The number of hydrogen-bond acceptors (Lipinski definition) is 4. The number of aliphatic hydroxyl groups excluding tert-OH is 2. The van der Waals surface area contributed by atoms with E-state index in [-0.39, 0.29) is 12.2 Å². The first-order valence-corrected chi connectivity index (χ1v) is 13.0. The molecule has 2 nitrogen and oxygen atoms in total. The van der Waals surface area contributed by atoms with Gasteiger partial charge in [0.2, 0.25) is 0 Å². The summed E-state index contributed by atoms with van der Waals surface area (Å²) in [5.74, 6) is 4.13. The van der Waals surface area contributed by atoms with Gasteiger partial charge in [-0.1, -0.05) is 0 Å². The molecule has 2 N–H and O–H groups in total. The van der Waals surface area contributed by atoms with Crippen LogP contribution < -0.4 is 0 Å². The molecule has 2 aliphatic carbocycles. The van der Waals surface area contributed by atoms with Gasteiger partial charge in [-0.05, 0) is 69.6 Å². The average Bonchev–Trinajstić information content (AvgIpc) is 2.66. The first-order chi connectivity index (χ1) is 12.1. The van der Waals surface area contributed by atoms with E-state index < -0.39 is 0 Å². The van der Waals surface area contributed by atoms with Crippen LogP contribution in [0.1, 0.15) is 57.8 Å². The van der Waals surface area contributed by atoms with Crippen molar-refractivity contribution in [2.75, 3.05) is 23.3 Å². The molecular formula is C19H34Cl2O2S2. The van der Waals surface area contributed by atoms with Crippen molar-refractivity contribution < 1.29 is 10.2 Å². The monoisotopic (exact) mass is 428 g/mol. The molecule has 2 saturated carbocycles. The number of hydrogen-bond donors (Lipinski definition) is 2. The maximum atomic E-state index is 9.59. The fraction of sp³-hybridized carbons (Fsp3) is 1.00. The third-order valence-electron chi connectivity index (χ3n) is 5.66. The van der Waals surface area contributed by atoms with Gasteiger partial charge in [-0.25, -0.2) is 0 Å². The number of rotatable bonds is 10. The van der Waals surface area contributed by atoms with E-state index in [1.165, 1.54) is 57.8 Å². The van der Waals surface area contributed by atoms with Gasteiger partial charge in [-0.15, -0.1) is 23.2 Å². The van der Waals surface area contributed by atoms with Crippen molar-refractivity contribution in [3.63, 3.8) is 0 Å². The Morgan fingerprint density at radius 1 is 0.680 bits per heavy atom. The normalized spacial score (nSPS) is 33.1. The molecule has 0 saturated heterocycles. The minimum atomic E-state index is -0.344. The van der Waals surface area contributed by atoms with Gasteiger partial charge in [0.25, 0.3) is 0 Å². The van der Waals surface area contributed by atoms with E-state index in [1.54, 1.807) is 0 Å². The predicted molar refractivity (Wildman–Crippen MR) is 114 cm³/mol. The first kappa shape index (κ1) is 22.5. The SMILES string of the molecule is OC(CCl)CSC1CCC(CC2CCC(SCC(O)CCl)CC2)CC1. The molecule has 0 aliphatic heterocycles. The number of halogens is 2. The highest BCUT2D eigenvalue weighted by Crippen LogP contribution is 2.40. The molecule has 0 heterocycles. The van der Waals surface area contributed by atoms with Gasteiger partial charge in [0, 0.05) is 33.8 Å². The van der Waals surface area contributed by atoms with E-state index in [1.807, 2.05) is 23.5 Å². The van der Waals surface area contributed by atoms with E-state index in [2.05, 4.69) is 0 Å². The van der Waals surface area contributed by atoms with Gasteiger partial charge in [-0.3, -0.25) is 0 Å². The van der Waals surface area contributed by atoms with Crippen molar-refractivity contribution in [1.29, 1.82) is 0 Å². The summed E-state index contributed by atoms with van der Waals surface area (Å²) < 4.78 is 0. The van der Waals surface area contributed by atoms with Crippen molar-refractivity contribution in [2.45, 2.75) is 80.5 Å². The Morgan fingerprint density at radius 2 is 1.04 bits per heavy atom. The largest absolute Gasteiger partial charge is 0.391 e. The first-order valence-electron chi connectivity index (χ1n) is 9.82. The highest BCUT2D eigenvalue weighted by molar-refractivity contribution is 8.00. The maximum absolute atomic E-state index is 9.59. The van der Waals surface area contributed by atoms with E-state index in [9.17, 15) is 10.2 Å². The van der Waals surface area contributed by atoms with Gasteiger partial charge >= 0.3 is 0 Å². The summed E-state index contributed by atoms with van der Waals surface area (Å²) in [7, 11) is 0. The van der Waals surface area contributed by atoms with Crippen LogP contribution in [0.15, 0.2) is 0 Å². The molecule has 0 bridgehead atoms. The molecule has 0 aromatic carbocycles. The fourth-order valence-corrected chi connectivity index (χ4v) is 7.04. The lowest BCUT2D eigenvalue weighted by atomic mass is 9.77. The third kappa shape index (κ3) is 8.83. The molecule has 6 heteroatoms. The van der Waals surface area contributed by atoms with Crippen LogP contribution in [0.3, 0.4) is 0 Å². The second kappa shape index (κ2) is 12.6. The topological polar surface area (TPSA) is 40.5 Å². The number of alkyl halides is 2. The third-order valence-corrected chi connectivity index (χ3v) is 9.41. The van der Waals surface area contributed by atoms with Crippen LogP contribution in [0.2, 0.25) is 0 Å². The Labute approximate surface area is 172 Å². The molecule has 0 aromatic heterocycles. The molecule has 2 aliphatic rings. The second-order valence-corrected chi connectivity index (χ2v) is 11.1. The second-order valence-electron chi connectivity index (χ2n) is 7.80. The Balaban J connectivity index is 1.55. The maximum Gasteiger partial charge on any atom is 0.0765 e. The lowest BCUT2D eigenvalue weighted by Crippen LogP contribution is -2.24. The Kier molecular flexibility index (Phi) is 11.4. The lowest BCUT2D eigenvalue weighted by molar-refractivity contribution is 0.222. The van der Waals surface area contributed by atoms with Crippen LogP contribution in [-0.2, 0) is 0 Å². The van der Waals surface area contributed by atoms with Gasteiger partial charge in [0.1, 0.15) is 0 Å². The highest BCUT2D eigenvalue weighted by atomic mass is 35.5. The average molecular weight is 430 g/mol. The standard InChI is InChI=1S/C19H34Cl2O2S2/c20-10-16(22)12-24-18-5-1-14(2-6-18)9-15-3-7-19(8-4-15)25-13-17(23)11-21/h14-19,22-23H,1-13H2. The molecule has 0 spiro atoms. The fourth-order valence-electron chi connectivity index (χ4n) is 4.12. The van der Waals surface area contributed by atoms with Gasteiger partial charge in [0.05, 0.1) is 12.2 Å².